The van der Waals surface area contributed by atoms with Gasteiger partial charge in [0.15, 0.2) is 4.77 Å². The molecule has 2 nitrogen and oxygen atoms in total. The van der Waals surface area contributed by atoms with Gasteiger partial charge in [0.25, 0.3) is 0 Å². The van der Waals surface area contributed by atoms with Crippen molar-refractivity contribution in [3.05, 3.63) is 56.2 Å². The van der Waals surface area contributed by atoms with Crippen LogP contribution in [0.1, 0.15) is 5.56 Å². The molecule has 0 aliphatic rings. The highest BCUT2D eigenvalue weighted by molar-refractivity contribution is 9.10. The highest BCUT2D eigenvalue weighted by atomic mass is 79.9. The number of hydrogen-bond acceptors (Lipinski definition) is 1. The molecule has 0 fully saturated rings. The lowest BCUT2D eigenvalue weighted by atomic mass is 10.2. The number of nitrogens with zero attached hydrogens (tertiary/aromatic N) is 1. The number of H-pyrrole nitrogens is 1. The fraction of sp³-hybridized carbons (Fsp3) is 0.0714. The van der Waals surface area contributed by atoms with Gasteiger partial charge >= 0.3 is 0 Å². The summed E-state index contributed by atoms with van der Waals surface area (Å²) in [5.41, 5.74) is 4.12. The maximum atomic E-state index is 6.33. The van der Waals surface area contributed by atoms with Crippen LogP contribution in [0.3, 0.4) is 0 Å². The first-order chi connectivity index (χ1) is 9.08. The number of para-hydroxylation sites is 1. The Morgan fingerprint density at radius 1 is 1.26 bits per heavy atom. The number of rotatable bonds is 1. The van der Waals surface area contributed by atoms with Gasteiger partial charge in [0.1, 0.15) is 0 Å². The van der Waals surface area contributed by atoms with Gasteiger partial charge in [-0.2, -0.15) is 0 Å². The molecule has 0 unspecified atom stereocenters. The summed E-state index contributed by atoms with van der Waals surface area (Å²) in [7, 11) is 0. The molecule has 1 aromatic heterocycles. The predicted molar refractivity (Wildman–Crippen MR) is 85.9 cm³/mol. The van der Waals surface area contributed by atoms with Gasteiger partial charge in [-0.3, -0.25) is 4.57 Å². The molecule has 19 heavy (non-hydrogen) atoms. The molecule has 5 heteroatoms. The van der Waals surface area contributed by atoms with Crippen molar-refractivity contribution >= 4 is 50.8 Å². The average molecular weight is 354 g/mol. The molecule has 1 N–H and O–H groups in total. The van der Waals surface area contributed by atoms with E-state index in [1.165, 1.54) is 0 Å². The van der Waals surface area contributed by atoms with Crippen LogP contribution in [0, 0.1) is 11.7 Å². The molecule has 0 aliphatic carbocycles. The first-order valence-corrected chi connectivity index (χ1v) is 7.31. The van der Waals surface area contributed by atoms with E-state index < -0.39 is 0 Å². The summed E-state index contributed by atoms with van der Waals surface area (Å²) in [4.78, 5) is 3.22. The summed E-state index contributed by atoms with van der Waals surface area (Å²) in [6, 6.07) is 11.9. The second kappa shape index (κ2) is 4.78. The smallest absolute Gasteiger partial charge is 0.182 e. The van der Waals surface area contributed by atoms with Crippen LogP contribution in [0.25, 0.3) is 16.7 Å². The van der Waals surface area contributed by atoms with Crippen molar-refractivity contribution < 1.29 is 0 Å². The van der Waals surface area contributed by atoms with E-state index in [1.54, 1.807) is 0 Å². The Morgan fingerprint density at radius 2 is 2.05 bits per heavy atom. The number of aromatic amines is 1. The van der Waals surface area contributed by atoms with Crippen molar-refractivity contribution in [1.29, 1.82) is 0 Å². The zero-order valence-corrected chi connectivity index (χ0v) is 13.2. The molecule has 0 spiro atoms. The van der Waals surface area contributed by atoms with Crippen LogP contribution in [-0.4, -0.2) is 9.55 Å². The number of nitrogens with one attached hydrogen (secondary N) is 1. The number of halogens is 2. The maximum absolute atomic E-state index is 6.33. The Bertz CT molecular complexity index is 835. The van der Waals surface area contributed by atoms with Crippen LogP contribution < -0.4 is 0 Å². The minimum Gasteiger partial charge on any atom is -0.330 e. The van der Waals surface area contributed by atoms with Crippen LogP contribution in [0.15, 0.2) is 40.9 Å². The Morgan fingerprint density at radius 3 is 2.79 bits per heavy atom. The molecule has 0 bridgehead atoms. The number of imidazole rings is 1. The highest BCUT2D eigenvalue weighted by Crippen LogP contribution is 2.29. The van der Waals surface area contributed by atoms with Gasteiger partial charge in [-0.15, -0.1) is 0 Å². The lowest BCUT2D eigenvalue weighted by Crippen LogP contribution is -1.96. The van der Waals surface area contributed by atoms with Gasteiger partial charge in [-0.25, -0.2) is 0 Å². The number of fused-ring (bicyclic) bond motifs is 1. The zero-order chi connectivity index (χ0) is 13.6. The lowest BCUT2D eigenvalue weighted by molar-refractivity contribution is 1.06. The second-order valence-corrected chi connectivity index (χ2v) is 6.04. The Kier molecular flexibility index (Phi) is 3.25. The monoisotopic (exact) mass is 352 g/mol. The Labute approximate surface area is 129 Å². The summed E-state index contributed by atoms with van der Waals surface area (Å²) < 4.78 is 3.58. The first-order valence-electron chi connectivity index (χ1n) is 5.73. The van der Waals surface area contributed by atoms with Gasteiger partial charge in [0, 0.05) is 4.47 Å². The summed E-state index contributed by atoms with van der Waals surface area (Å²) in [5, 5.41) is 0.662. The van der Waals surface area contributed by atoms with E-state index in [-0.39, 0.29) is 0 Å². The van der Waals surface area contributed by atoms with Crippen molar-refractivity contribution in [2.75, 3.05) is 0 Å². The molecule has 0 radical (unpaired) electrons. The van der Waals surface area contributed by atoms with E-state index in [0.717, 1.165) is 26.8 Å². The van der Waals surface area contributed by atoms with Crippen molar-refractivity contribution in [1.82, 2.24) is 9.55 Å². The van der Waals surface area contributed by atoms with Gasteiger partial charge in [0.05, 0.1) is 21.7 Å². The Hall–Kier alpha value is -1.10. The largest absolute Gasteiger partial charge is 0.330 e. The van der Waals surface area contributed by atoms with Crippen LogP contribution >= 0.6 is 39.7 Å². The minimum atomic E-state index is 0.647. The molecule has 96 valence electrons. The van der Waals surface area contributed by atoms with Crippen molar-refractivity contribution in [2.24, 2.45) is 0 Å². The first kappa shape index (κ1) is 12.9. The molecule has 0 aliphatic heterocycles. The van der Waals surface area contributed by atoms with E-state index in [1.807, 2.05) is 34.9 Å². The molecular formula is C14H10BrClN2S. The number of aromatic nitrogens is 2. The minimum absolute atomic E-state index is 0.647. The number of hydrogen-bond donors (Lipinski definition) is 1. The summed E-state index contributed by atoms with van der Waals surface area (Å²) >= 11 is 15.2. The molecule has 0 amide bonds. The van der Waals surface area contributed by atoms with Gasteiger partial charge in [-0.05, 0) is 49.0 Å². The van der Waals surface area contributed by atoms with Gasteiger partial charge < -0.3 is 4.98 Å². The van der Waals surface area contributed by atoms with Crippen molar-refractivity contribution in [3.8, 4) is 5.69 Å². The van der Waals surface area contributed by atoms with Crippen LogP contribution in [0.2, 0.25) is 5.02 Å². The molecule has 3 rings (SSSR count). The molecule has 0 saturated carbocycles. The average Bonchev–Trinajstić information content (AvgIpc) is 2.67. The van der Waals surface area contributed by atoms with E-state index in [9.17, 15) is 0 Å². The topological polar surface area (TPSA) is 20.7 Å². The number of benzene rings is 2. The lowest BCUT2D eigenvalue weighted by Gasteiger charge is -2.09. The third kappa shape index (κ3) is 2.14. The summed E-state index contributed by atoms with van der Waals surface area (Å²) in [5.74, 6) is 0. The van der Waals surface area contributed by atoms with E-state index in [0.29, 0.717) is 9.79 Å². The van der Waals surface area contributed by atoms with E-state index in [4.69, 9.17) is 23.8 Å². The SMILES string of the molecule is Cc1cccc2[nH]c(=S)n(-c3ccc(Br)cc3Cl)c12. The molecular weight excluding hydrogens is 344 g/mol. The molecule has 2 aromatic carbocycles. The third-order valence-electron chi connectivity index (χ3n) is 3.06. The molecule has 0 atom stereocenters. The molecule has 1 heterocycles. The quantitative estimate of drug-likeness (QED) is 0.580. The zero-order valence-electron chi connectivity index (χ0n) is 10.1. The molecule has 3 aromatic rings. The standard InChI is InChI=1S/C14H10BrClN2S/c1-8-3-2-4-11-13(8)18(14(19)17-11)12-6-5-9(15)7-10(12)16/h2-7H,1H3,(H,17,19). The highest BCUT2D eigenvalue weighted by Gasteiger charge is 2.11. The van der Waals surface area contributed by atoms with Crippen molar-refractivity contribution in [3.63, 3.8) is 0 Å². The van der Waals surface area contributed by atoms with E-state index >= 15 is 0 Å². The van der Waals surface area contributed by atoms with Gasteiger partial charge in [0.2, 0.25) is 0 Å². The summed E-state index contributed by atoms with van der Waals surface area (Å²) in [6.07, 6.45) is 0. The Balaban J connectivity index is 2.42. The van der Waals surface area contributed by atoms with Crippen LogP contribution in [-0.2, 0) is 0 Å². The fourth-order valence-electron chi connectivity index (χ4n) is 2.22. The van der Waals surface area contributed by atoms with Crippen LogP contribution in [0.5, 0.6) is 0 Å². The van der Waals surface area contributed by atoms with E-state index in [2.05, 4.69) is 33.9 Å². The summed E-state index contributed by atoms with van der Waals surface area (Å²) in [6.45, 7) is 2.06. The van der Waals surface area contributed by atoms with Crippen LogP contribution in [0.4, 0.5) is 0 Å². The maximum Gasteiger partial charge on any atom is 0.182 e. The fourth-order valence-corrected chi connectivity index (χ4v) is 3.28. The predicted octanol–water partition coefficient (Wildman–Crippen LogP) is 5.41. The second-order valence-electron chi connectivity index (χ2n) is 4.33. The van der Waals surface area contributed by atoms with Crippen molar-refractivity contribution in [2.45, 2.75) is 6.92 Å². The van der Waals surface area contributed by atoms with Gasteiger partial charge in [-0.1, -0.05) is 39.7 Å². The molecule has 0 saturated heterocycles. The number of aryl methyl sites for hydroxylation is 1. The third-order valence-corrected chi connectivity index (χ3v) is 4.14. The normalized spacial score (nSPS) is 11.1.